The molecule has 0 saturated heterocycles. The van der Waals surface area contributed by atoms with Gasteiger partial charge in [-0.2, -0.15) is 4.98 Å². The summed E-state index contributed by atoms with van der Waals surface area (Å²) in [6.45, 7) is 1.13. The van der Waals surface area contributed by atoms with Gasteiger partial charge in [-0.3, -0.25) is 0 Å². The third-order valence-corrected chi connectivity index (χ3v) is 4.85. The molecule has 0 radical (unpaired) electrons. The number of ether oxygens (including phenoxy) is 1. The highest BCUT2D eigenvalue weighted by atomic mass is 35.5. The van der Waals surface area contributed by atoms with Crippen molar-refractivity contribution in [2.75, 3.05) is 0 Å². The van der Waals surface area contributed by atoms with E-state index in [-0.39, 0.29) is 6.10 Å². The molecule has 5 rings (SSSR count). The second-order valence-corrected chi connectivity index (χ2v) is 6.77. The maximum atomic E-state index is 6.05. The van der Waals surface area contributed by atoms with Gasteiger partial charge in [0, 0.05) is 10.6 Å². The summed E-state index contributed by atoms with van der Waals surface area (Å²) in [5.74, 6) is 0.855. The molecule has 2 aromatic heterocycles. The molecule has 0 bridgehead atoms. The molecule has 7 heteroatoms. The van der Waals surface area contributed by atoms with E-state index in [0.29, 0.717) is 35.6 Å². The minimum absolute atomic E-state index is 0.00505. The first-order valence-corrected chi connectivity index (χ1v) is 8.96. The highest BCUT2D eigenvalue weighted by molar-refractivity contribution is 6.30. The molecule has 0 spiro atoms. The lowest BCUT2D eigenvalue weighted by Gasteiger charge is -2.25. The minimum atomic E-state index is 0.00505. The summed E-state index contributed by atoms with van der Waals surface area (Å²) >= 11 is 6.04. The molecule has 1 aliphatic heterocycles. The van der Waals surface area contributed by atoms with Crippen LogP contribution in [0.5, 0.6) is 0 Å². The van der Waals surface area contributed by atoms with Crippen molar-refractivity contribution >= 4 is 11.6 Å². The van der Waals surface area contributed by atoms with Crippen LogP contribution in [0.4, 0.5) is 0 Å². The summed E-state index contributed by atoms with van der Waals surface area (Å²) in [4.78, 5) is 8.96. The molecule has 4 aromatic rings. The van der Waals surface area contributed by atoms with Crippen LogP contribution >= 0.6 is 11.6 Å². The molecule has 6 nitrogen and oxygen atoms in total. The average molecular weight is 379 g/mol. The quantitative estimate of drug-likeness (QED) is 0.524. The Labute approximate surface area is 160 Å². The third-order valence-electron chi connectivity index (χ3n) is 4.61. The van der Waals surface area contributed by atoms with Crippen molar-refractivity contribution in [1.29, 1.82) is 0 Å². The van der Waals surface area contributed by atoms with Crippen LogP contribution in [0, 0.1) is 0 Å². The standard InChI is InChI=1S/C20H15ClN4O2/c21-15-8-4-7-14(9-15)19-23-20(27-24-19)18-16-11-26-17(10-25(16)12-22-18)13-5-2-1-3-6-13/h1-9,12,17H,10-11H2/t17-/m1/s1. The van der Waals surface area contributed by atoms with Crippen LogP contribution in [0.15, 0.2) is 65.4 Å². The lowest BCUT2D eigenvalue weighted by molar-refractivity contribution is 0.00330. The van der Waals surface area contributed by atoms with E-state index in [1.807, 2.05) is 30.3 Å². The zero-order chi connectivity index (χ0) is 18.2. The zero-order valence-electron chi connectivity index (χ0n) is 14.2. The molecular weight excluding hydrogens is 364 g/mol. The number of fused-ring (bicyclic) bond motifs is 1. The number of aromatic nitrogens is 4. The van der Waals surface area contributed by atoms with Gasteiger partial charge >= 0.3 is 0 Å². The Bertz CT molecular complexity index is 1090. The summed E-state index contributed by atoms with van der Waals surface area (Å²) in [6.07, 6.45) is 1.80. The Morgan fingerprint density at radius 1 is 1.07 bits per heavy atom. The molecule has 0 amide bonds. The highest BCUT2D eigenvalue weighted by Crippen LogP contribution is 2.32. The van der Waals surface area contributed by atoms with Gasteiger partial charge in [-0.25, -0.2) is 4.98 Å². The predicted octanol–water partition coefficient (Wildman–Crippen LogP) is 4.53. The second kappa shape index (κ2) is 6.64. The second-order valence-electron chi connectivity index (χ2n) is 6.34. The topological polar surface area (TPSA) is 66.0 Å². The van der Waals surface area contributed by atoms with Crippen molar-refractivity contribution in [2.24, 2.45) is 0 Å². The van der Waals surface area contributed by atoms with Crippen molar-refractivity contribution in [1.82, 2.24) is 19.7 Å². The van der Waals surface area contributed by atoms with Crippen LogP contribution < -0.4 is 0 Å². The van der Waals surface area contributed by atoms with Crippen molar-refractivity contribution < 1.29 is 9.26 Å². The van der Waals surface area contributed by atoms with Crippen LogP contribution in [0.1, 0.15) is 17.4 Å². The van der Waals surface area contributed by atoms with Crippen LogP contribution in [0.2, 0.25) is 5.02 Å². The maximum absolute atomic E-state index is 6.05. The van der Waals surface area contributed by atoms with Crippen molar-refractivity contribution in [2.45, 2.75) is 19.3 Å². The molecular formula is C20H15ClN4O2. The Kier molecular flexibility index (Phi) is 3.99. The SMILES string of the molecule is Clc1cccc(-c2noc(-c3ncn4c3CO[C@@H](c3ccccc3)C4)n2)c1. The first-order valence-electron chi connectivity index (χ1n) is 8.58. The van der Waals surface area contributed by atoms with Crippen LogP contribution in [0.3, 0.4) is 0 Å². The maximum Gasteiger partial charge on any atom is 0.278 e. The fourth-order valence-corrected chi connectivity index (χ4v) is 3.43. The molecule has 0 aliphatic carbocycles. The molecule has 0 N–H and O–H groups in total. The van der Waals surface area contributed by atoms with Gasteiger partial charge < -0.3 is 13.8 Å². The number of hydrogen-bond acceptors (Lipinski definition) is 5. The van der Waals surface area contributed by atoms with Crippen LogP contribution in [-0.2, 0) is 17.9 Å². The summed E-state index contributed by atoms with van der Waals surface area (Å²) in [7, 11) is 0. The van der Waals surface area contributed by atoms with E-state index >= 15 is 0 Å². The molecule has 1 aliphatic rings. The predicted molar refractivity (Wildman–Crippen MR) is 99.9 cm³/mol. The molecule has 1 atom stereocenters. The van der Waals surface area contributed by atoms with Gasteiger partial charge in [0.05, 0.1) is 25.2 Å². The molecule has 134 valence electrons. The highest BCUT2D eigenvalue weighted by Gasteiger charge is 2.26. The molecule has 0 saturated carbocycles. The lowest BCUT2D eigenvalue weighted by Crippen LogP contribution is -2.20. The van der Waals surface area contributed by atoms with Crippen LogP contribution in [0.25, 0.3) is 23.0 Å². The monoisotopic (exact) mass is 378 g/mol. The minimum Gasteiger partial charge on any atom is -0.365 e. The van der Waals surface area contributed by atoms with Gasteiger partial charge in [-0.05, 0) is 17.7 Å². The Morgan fingerprint density at radius 3 is 2.81 bits per heavy atom. The van der Waals surface area contributed by atoms with E-state index in [0.717, 1.165) is 16.8 Å². The van der Waals surface area contributed by atoms with Gasteiger partial charge in [0.1, 0.15) is 6.10 Å². The normalized spacial score (nSPS) is 16.3. The first-order chi connectivity index (χ1) is 13.3. The number of hydrogen-bond donors (Lipinski definition) is 0. The smallest absolute Gasteiger partial charge is 0.278 e. The summed E-state index contributed by atoms with van der Waals surface area (Å²) < 4.78 is 13.6. The summed E-state index contributed by atoms with van der Waals surface area (Å²) in [5.41, 5.74) is 3.54. The van der Waals surface area contributed by atoms with E-state index in [2.05, 4.69) is 31.8 Å². The van der Waals surface area contributed by atoms with E-state index < -0.39 is 0 Å². The van der Waals surface area contributed by atoms with E-state index in [4.69, 9.17) is 20.9 Å². The largest absolute Gasteiger partial charge is 0.365 e. The summed E-state index contributed by atoms with van der Waals surface area (Å²) in [6, 6.07) is 17.5. The number of halogens is 1. The molecule has 27 heavy (non-hydrogen) atoms. The Hall–Kier alpha value is -2.96. The van der Waals surface area contributed by atoms with Gasteiger partial charge in [-0.1, -0.05) is 59.2 Å². The van der Waals surface area contributed by atoms with Crippen molar-refractivity contribution in [3.8, 4) is 23.0 Å². The molecule has 0 fully saturated rings. The fraction of sp³-hybridized carbons (Fsp3) is 0.150. The zero-order valence-corrected chi connectivity index (χ0v) is 15.0. The molecule has 3 heterocycles. The van der Waals surface area contributed by atoms with Gasteiger partial charge in [-0.15, -0.1) is 0 Å². The van der Waals surface area contributed by atoms with Crippen LogP contribution in [-0.4, -0.2) is 19.7 Å². The van der Waals surface area contributed by atoms with Crippen molar-refractivity contribution in [3.05, 3.63) is 77.2 Å². The van der Waals surface area contributed by atoms with Gasteiger partial charge in [0.2, 0.25) is 5.82 Å². The number of nitrogens with zero attached hydrogens (tertiary/aromatic N) is 4. The van der Waals surface area contributed by atoms with Gasteiger partial charge in [0.15, 0.2) is 5.69 Å². The lowest BCUT2D eigenvalue weighted by atomic mass is 10.1. The average Bonchev–Trinajstić information content (AvgIpc) is 3.35. The molecule has 0 unspecified atom stereocenters. The van der Waals surface area contributed by atoms with Gasteiger partial charge in [0.25, 0.3) is 5.89 Å². The number of imidazole rings is 1. The third kappa shape index (κ3) is 3.03. The van der Waals surface area contributed by atoms with E-state index in [9.17, 15) is 0 Å². The van der Waals surface area contributed by atoms with Crippen molar-refractivity contribution in [3.63, 3.8) is 0 Å². The van der Waals surface area contributed by atoms with E-state index in [1.165, 1.54) is 0 Å². The molecule has 2 aromatic carbocycles. The van der Waals surface area contributed by atoms with E-state index in [1.54, 1.807) is 18.5 Å². The number of benzene rings is 2. The first kappa shape index (κ1) is 16.2. The number of rotatable bonds is 3. The summed E-state index contributed by atoms with van der Waals surface area (Å²) in [5, 5.41) is 4.68. The Balaban J connectivity index is 1.43. The fourth-order valence-electron chi connectivity index (χ4n) is 3.24. The Morgan fingerprint density at radius 2 is 1.96 bits per heavy atom.